The van der Waals surface area contributed by atoms with E-state index in [0.717, 1.165) is 16.8 Å². The van der Waals surface area contributed by atoms with E-state index in [1.165, 1.54) is 10.9 Å². The molecule has 1 N–H and O–H groups in total. The van der Waals surface area contributed by atoms with Crippen LogP contribution in [0, 0.1) is 5.92 Å². The summed E-state index contributed by atoms with van der Waals surface area (Å²) in [4.78, 5) is 35.5. The van der Waals surface area contributed by atoms with Gasteiger partial charge in [-0.25, -0.2) is 0 Å². The summed E-state index contributed by atoms with van der Waals surface area (Å²) in [6, 6.07) is 20.0. The Morgan fingerprint density at radius 3 is 2.35 bits per heavy atom. The number of hydrogen-bond acceptors (Lipinski definition) is 4. The molecule has 2 aromatic carbocycles. The highest BCUT2D eigenvalue weighted by atomic mass is 16.3. The van der Waals surface area contributed by atoms with Gasteiger partial charge >= 0.3 is 0 Å². The van der Waals surface area contributed by atoms with Gasteiger partial charge in [0.25, 0.3) is 0 Å². The van der Waals surface area contributed by atoms with Crippen LogP contribution in [0.4, 0.5) is 5.69 Å². The maximum absolute atomic E-state index is 13.7. The number of hydrogen-bond donors (Lipinski definition) is 1. The van der Waals surface area contributed by atoms with E-state index >= 15 is 0 Å². The largest absolute Gasteiger partial charge is 0.467 e. The lowest BCUT2D eigenvalue weighted by Crippen LogP contribution is -2.44. The first-order valence-electron chi connectivity index (χ1n) is 12.7. The summed E-state index contributed by atoms with van der Waals surface area (Å²) in [6.45, 7) is 4.98. The fourth-order valence-electron chi connectivity index (χ4n) is 4.44. The van der Waals surface area contributed by atoms with Crippen molar-refractivity contribution in [2.24, 2.45) is 5.92 Å². The van der Waals surface area contributed by atoms with Crippen molar-refractivity contribution in [2.45, 2.75) is 33.4 Å². The number of aromatic nitrogens is 1. The minimum absolute atomic E-state index is 0.00137. The van der Waals surface area contributed by atoms with Crippen LogP contribution in [0.5, 0.6) is 0 Å². The molecule has 0 aliphatic heterocycles. The van der Waals surface area contributed by atoms with E-state index in [1.807, 2.05) is 62.1 Å². The first-order chi connectivity index (χ1) is 17.8. The monoisotopic (exact) mass is 500 g/mol. The lowest BCUT2D eigenvalue weighted by molar-refractivity contribution is -0.143. The van der Waals surface area contributed by atoms with Crippen molar-refractivity contribution in [3.05, 3.63) is 90.0 Å². The predicted molar refractivity (Wildman–Crippen MR) is 147 cm³/mol. The third kappa shape index (κ3) is 6.61. The van der Waals surface area contributed by atoms with E-state index in [1.54, 1.807) is 17.2 Å². The summed E-state index contributed by atoms with van der Waals surface area (Å²) in [6.07, 6.45) is 4.31. The van der Waals surface area contributed by atoms with E-state index in [2.05, 4.69) is 41.4 Å². The van der Waals surface area contributed by atoms with E-state index in [9.17, 15) is 9.59 Å². The van der Waals surface area contributed by atoms with Crippen molar-refractivity contribution in [1.29, 1.82) is 0 Å². The van der Waals surface area contributed by atoms with E-state index in [4.69, 9.17) is 4.42 Å². The number of para-hydroxylation sites is 1. The molecule has 2 aromatic heterocycles. The number of furan rings is 1. The van der Waals surface area contributed by atoms with Crippen LogP contribution in [-0.2, 0) is 29.1 Å². The molecule has 0 saturated heterocycles. The highest BCUT2D eigenvalue weighted by molar-refractivity contribution is 5.86. The number of fused-ring (bicyclic) bond motifs is 1. The fourth-order valence-corrected chi connectivity index (χ4v) is 4.44. The van der Waals surface area contributed by atoms with Gasteiger partial charge in [0.05, 0.1) is 12.8 Å². The van der Waals surface area contributed by atoms with Crippen LogP contribution in [0.15, 0.2) is 77.5 Å². The number of H-pyrrole nitrogens is 1. The number of amides is 2. The van der Waals surface area contributed by atoms with Gasteiger partial charge in [-0.15, -0.1) is 0 Å². The lowest BCUT2D eigenvalue weighted by atomic mass is 10.1. The highest BCUT2D eigenvalue weighted by Crippen LogP contribution is 2.20. The van der Waals surface area contributed by atoms with Crippen molar-refractivity contribution < 1.29 is 14.0 Å². The molecule has 0 aliphatic carbocycles. The van der Waals surface area contributed by atoms with Gasteiger partial charge in [0, 0.05) is 55.9 Å². The Hall–Kier alpha value is -4.00. The molecule has 194 valence electrons. The van der Waals surface area contributed by atoms with Crippen LogP contribution in [0.2, 0.25) is 0 Å². The first-order valence-corrected chi connectivity index (χ1v) is 12.7. The average molecular weight is 501 g/mol. The number of rotatable bonds is 11. The zero-order valence-electron chi connectivity index (χ0n) is 22.1. The number of aromatic amines is 1. The van der Waals surface area contributed by atoms with Gasteiger partial charge < -0.3 is 24.1 Å². The lowest BCUT2D eigenvalue weighted by Gasteiger charge is -2.28. The molecule has 0 spiro atoms. The third-order valence-corrected chi connectivity index (χ3v) is 6.56. The second kappa shape index (κ2) is 11.8. The molecule has 0 bridgehead atoms. The van der Waals surface area contributed by atoms with Gasteiger partial charge in [-0.1, -0.05) is 44.2 Å². The summed E-state index contributed by atoms with van der Waals surface area (Å²) < 4.78 is 5.47. The summed E-state index contributed by atoms with van der Waals surface area (Å²) in [5, 5.41) is 1.17. The standard InChI is InChI=1S/C30H36N4O3/c1-22(2)30(36)34(20-26-8-7-17-37-26)21-29(35)33(19-23-11-13-25(14-12-23)32(3)4)16-15-24-18-31-28-10-6-5-9-27(24)28/h5-14,17-18,22,31H,15-16,19-21H2,1-4H3. The van der Waals surface area contributed by atoms with Crippen molar-refractivity contribution in [1.82, 2.24) is 14.8 Å². The van der Waals surface area contributed by atoms with Crippen LogP contribution in [0.25, 0.3) is 10.9 Å². The summed E-state index contributed by atoms with van der Waals surface area (Å²) in [5.41, 5.74) is 4.40. The number of carbonyl (C=O) groups excluding carboxylic acids is 2. The van der Waals surface area contributed by atoms with Gasteiger partial charge in [0.1, 0.15) is 12.3 Å². The maximum atomic E-state index is 13.7. The van der Waals surface area contributed by atoms with Crippen molar-refractivity contribution >= 4 is 28.4 Å². The topological polar surface area (TPSA) is 72.8 Å². The Bertz CT molecular complexity index is 1310. The Labute approximate surface area is 218 Å². The third-order valence-electron chi connectivity index (χ3n) is 6.56. The van der Waals surface area contributed by atoms with Gasteiger partial charge in [-0.3, -0.25) is 9.59 Å². The van der Waals surface area contributed by atoms with E-state index in [-0.39, 0.29) is 30.8 Å². The molecule has 2 amide bonds. The quantitative estimate of drug-likeness (QED) is 0.312. The molecule has 0 radical (unpaired) electrons. The zero-order chi connectivity index (χ0) is 26.4. The highest BCUT2D eigenvalue weighted by Gasteiger charge is 2.24. The molecule has 0 saturated carbocycles. The number of anilines is 1. The van der Waals surface area contributed by atoms with Gasteiger partial charge in [0.2, 0.25) is 11.8 Å². The molecule has 0 fully saturated rings. The van der Waals surface area contributed by atoms with Crippen molar-refractivity contribution in [2.75, 3.05) is 32.1 Å². The molecule has 37 heavy (non-hydrogen) atoms. The molecular formula is C30H36N4O3. The summed E-state index contributed by atoms with van der Waals surface area (Å²) >= 11 is 0. The second-order valence-electron chi connectivity index (χ2n) is 9.91. The van der Waals surface area contributed by atoms with E-state index < -0.39 is 0 Å². The minimum atomic E-state index is -0.221. The molecule has 4 rings (SSSR count). The van der Waals surface area contributed by atoms with Crippen LogP contribution >= 0.6 is 0 Å². The molecule has 0 aliphatic rings. The minimum Gasteiger partial charge on any atom is -0.467 e. The Morgan fingerprint density at radius 1 is 0.919 bits per heavy atom. The maximum Gasteiger partial charge on any atom is 0.242 e. The van der Waals surface area contributed by atoms with Gasteiger partial charge in [0.15, 0.2) is 0 Å². The van der Waals surface area contributed by atoms with Crippen molar-refractivity contribution in [3.8, 4) is 0 Å². The Balaban J connectivity index is 1.54. The van der Waals surface area contributed by atoms with Crippen LogP contribution in [-0.4, -0.2) is 53.8 Å². The predicted octanol–water partition coefficient (Wildman–Crippen LogP) is 5.08. The van der Waals surface area contributed by atoms with Crippen molar-refractivity contribution in [3.63, 3.8) is 0 Å². The molecule has 7 heteroatoms. The Kier molecular flexibility index (Phi) is 8.33. The molecular weight excluding hydrogens is 464 g/mol. The SMILES string of the molecule is CC(C)C(=O)N(CC(=O)N(CCc1c[nH]c2ccccc12)Cc1ccc(N(C)C)cc1)Cc1ccco1. The number of nitrogens with zero attached hydrogens (tertiary/aromatic N) is 3. The van der Waals surface area contributed by atoms with E-state index in [0.29, 0.717) is 25.3 Å². The van der Waals surface area contributed by atoms with Crippen LogP contribution in [0.1, 0.15) is 30.7 Å². The second-order valence-corrected chi connectivity index (χ2v) is 9.91. The summed E-state index contributed by atoms with van der Waals surface area (Å²) in [7, 11) is 4.01. The zero-order valence-corrected chi connectivity index (χ0v) is 22.1. The molecule has 0 atom stereocenters. The fraction of sp³-hybridized carbons (Fsp3) is 0.333. The number of nitrogens with one attached hydrogen (secondary N) is 1. The first kappa shape index (κ1) is 26.1. The number of carbonyl (C=O) groups is 2. The molecule has 7 nitrogen and oxygen atoms in total. The molecule has 0 unspecified atom stereocenters. The van der Waals surface area contributed by atoms with Crippen LogP contribution < -0.4 is 4.90 Å². The number of benzene rings is 2. The molecule has 4 aromatic rings. The Morgan fingerprint density at radius 2 is 1.68 bits per heavy atom. The van der Waals surface area contributed by atoms with Crippen LogP contribution in [0.3, 0.4) is 0 Å². The average Bonchev–Trinajstić information content (AvgIpc) is 3.55. The normalized spacial score (nSPS) is 11.2. The molecule has 2 heterocycles. The van der Waals surface area contributed by atoms with Gasteiger partial charge in [-0.05, 0) is 47.9 Å². The summed E-state index contributed by atoms with van der Waals surface area (Å²) in [5.74, 6) is 0.279. The van der Waals surface area contributed by atoms with Gasteiger partial charge in [-0.2, -0.15) is 0 Å². The smallest absolute Gasteiger partial charge is 0.242 e.